The molecule has 12 nitrogen and oxygen atoms in total. The van der Waals surface area contributed by atoms with Gasteiger partial charge in [0.25, 0.3) is 0 Å². The van der Waals surface area contributed by atoms with E-state index in [0.717, 1.165) is 0 Å². The van der Waals surface area contributed by atoms with Gasteiger partial charge in [0.1, 0.15) is 0 Å². The van der Waals surface area contributed by atoms with Crippen LogP contribution in [-0.4, -0.2) is 94.5 Å². The topological polar surface area (TPSA) is 205 Å². The second-order valence-corrected chi connectivity index (χ2v) is 20.5. The summed E-state index contributed by atoms with van der Waals surface area (Å²) in [5, 5.41) is 0. The van der Waals surface area contributed by atoms with Crippen LogP contribution in [0.25, 0.3) is 0 Å². The minimum absolute atomic E-state index is 3.93. The quantitative estimate of drug-likeness (QED) is 0.222. The molecule has 48 heavy (non-hydrogen) atoms. The molecule has 0 amide bonds. The molecular weight excluding hydrogens is 885 g/mol. The molecule has 1 unspecified atom stereocenters. The molecule has 282 valence electrons. The van der Waals surface area contributed by atoms with E-state index in [-0.39, 0.29) is 0 Å². The molecule has 1 rings (SSSR count). The first-order chi connectivity index (χ1) is 20.3. The third-order valence-electron chi connectivity index (χ3n) is 4.40. The Bertz CT molecular complexity index is 1990. The predicted octanol–water partition coefficient (Wildman–Crippen LogP) is 2.90. The summed E-state index contributed by atoms with van der Waals surface area (Å²) >= 11 is -4.98. The van der Waals surface area contributed by atoms with Crippen molar-refractivity contribution in [1.82, 2.24) is 0 Å². The Morgan fingerprint density at radius 3 is 0.938 bits per heavy atom. The maximum atomic E-state index is 13.3. The molecular formula is C11HAlF18O12S6. The Morgan fingerprint density at radius 2 is 0.708 bits per heavy atom. The van der Waals surface area contributed by atoms with Crippen molar-refractivity contribution in [2.75, 3.05) is 0 Å². The van der Waals surface area contributed by atoms with Crippen LogP contribution in [0.2, 0.25) is 0 Å². The van der Waals surface area contributed by atoms with Crippen molar-refractivity contribution in [3.05, 3.63) is 18.5 Å². The van der Waals surface area contributed by atoms with Gasteiger partial charge in [0, 0.05) is 10.7 Å². The van der Waals surface area contributed by atoms with Gasteiger partial charge in [-0.15, -0.1) is 0 Å². The standard InChI is InChI=1S/C10HF15O10S5.CF3O2S.Al/c11-6(12,13)36(26,27)1-3(38(30,31)8(17,18)19)5(40(34,35)10(23,24)25)4(39(32,33)9(20,21)22)2-37(28,29)7(14,15)16;2-1(3,4)7(5)6;/h1H;;/q;-1;+1. The Hall–Kier alpha value is -1.55. The summed E-state index contributed by atoms with van der Waals surface area (Å²) in [6.45, 7) is 0. The fourth-order valence-corrected chi connectivity index (χ4v) is 15.3. The maximum Gasteiger partial charge on any atom is 0.373 e. The molecule has 0 N–H and O–H groups in total. The minimum Gasteiger partial charge on any atom is -0.416 e. The van der Waals surface area contributed by atoms with Crippen molar-refractivity contribution in [1.29, 1.82) is 0 Å². The van der Waals surface area contributed by atoms with Crippen LogP contribution in [0, 0.1) is 0 Å². The van der Waals surface area contributed by atoms with Gasteiger partial charge in [0.05, 0.1) is 0 Å². The van der Waals surface area contributed by atoms with Crippen LogP contribution in [0.4, 0.5) is 79.0 Å². The molecule has 37 heteroatoms. The van der Waals surface area contributed by atoms with Crippen molar-refractivity contribution >= 4 is 75.1 Å². The number of halogens is 18. The Balaban J connectivity index is 0.00000282. The number of hydrogen-bond acceptors (Lipinski definition) is 13. The van der Waals surface area contributed by atoms with Gasteiger partial charge in [-0.2, -0.15) is 13.2 Å². The second kappa shape index (κ2) is 12.9. The molecule has 0 aromatic heterocycles. The molecule has 0 aromatic rings. The zero-order valence-electron chi connectivity index (χ0n) is 20.3. The SMILES string of the molecule is O=S(=O)([C]1=C(S(=O)(=O)C(F)(F)F)C(S(=O)(=O)C(F)(F)F)=C(S(=O)(=O)C(F)(F)F)[CH](S(=O)(=O)C(F)(F)F)[Al+]1)C(F)(F)F.O=[S-](=O)C(F)(F)F. The van der Waals surface area contributed by atoms with Crippen LogP contribution in [0.3, 0.4) is 0 Å². The van der Waals surface area contributed by atoms with E-state index in [9.17, 15) is 121 Å². The van der Waals surface area contributed by atoms with E-state index in [1.54, 1.807) is 0 Å². The fraction of sp³-hybridized carbons (Fsp3) is 0.636. The van der Waals surface area contributed by atoms with E-state index in [2.05, 4.69) is 0 Å². The Labute approximate surface area is 259 Å². The largest absolute Gasteiger partial charge is 0.416 e. The third kappa shape index (κ3) is 8.49. The molecule has 1 aliphatic heterocycles. The molecule has 0 fully saturated rings. The van der Waals surface area contributed by atoms with Crippen LogP contribution in [-0.2, 0) is 68.3 Å². The Morgan fingerprint density at radius 1 is 0.438 bits per heavy atom. The van der Waals surface area contributed by atoms with Gasteiger partial charge in [-0.05, 0) is 0 Å². The molecule has 1 atom stereocenters. The van der Waals surface area contributed by atoms with E-state index in [4.69, 9.17) is 8.42 Å². The summed E-state index contributed by atoms with van der Waals surface area (Å²) in [6.07, 6.45) is 0. The first kappa shape index (κ1) is 46.5. The maximum absolute atomic E-state index is 13.3. The fourth-order valence-electron chi connectivity index (χ4n) is 2.49. The average Bonchev–Trinajstić information content (AvgIpc) is 2.78. The van der Waals surface area contributed by atoms with Gasteiger partial charge in [0.15, 0.2) is 0 Å². The van der Waals surface area contributed by atoms with Gasteiger partial charge >= 0.3 is 228 Å². The van der Waals surface area contributed by atoms with Crippen molar-refractivity contribution in [2.45, 2.75) is 37.2 Å². The van der Waals surface area contributed by atoms with E-state index in [1.807, 2.05) is 0 Å². The van der Waals surface area contributed by atoms with E-state index in [1.165, 1.54) is 0 Å². The van der Waals surface area contributed by atoms with Crippen molar-refractivity contribution in [3.8, 4) is 0 Å². The molecule has 0 aliphatic carbocycles. The van der Waals surface area contributed by atoms with Crippen LogP contribution in [0.1, 0.15) is 0 Å². The molecule has 0 bridgehead atoms. The zero-order chi connectivity index (χ0) is 39.7. The molecule has 1 heterocycles. The summed E-state index contributed by atoms with van der Waals surface area (Å²) in [4.78, 5) is -13.9. The van der Waals surface area contributed by atoms with Crippen molar-refractivity contribution in [2.24, 2.45) is 0 Å². The summed E-state index contributed by atoms with van der Waals surface area (Å²) in [7, 11) is -46.1. The molecule has 0 saturated heterocycles. The van der Waals surface area contributed by atoms with E-state index >= 15 is 0 Å². The van der Waals surface area contributed by atoms with Gasteiger partial charge in [-0.25, -0.2) is 0 Å². The molecule has 0 radical (unpaired) electrons. The van der Waals surface area contributed by atoms with Crippen molar-refractivity contribution < 1.29 is 130 Å². The van der Waals surface area contributed by atoms with Crippen LogP contribution in [0.5, 0.6) is 0 Å². The van der Waals surface area contributed by atoms with Crippen LogP contribution < -0.4 is 0 Å². The Kier molecular flexibility index (Phi) is 12.5. The van der Waals surface area contributed by atoms with Crippen LogP contribution >= 0.6 is 0 Å². The van der Waals surface area contributed by atoms with Crippen molar-refractivity contribution in [3.63, 3.8) is 0 Å². The number of sulfone groups is 5. The van der Waals surface area contributed by atoms with Crippen LogP contribution in [0.15, 0.2) is 18.5 Å². The van der Waals surface area contributed by atoms with Gasteiger partial charge in [-0.1, -0.05) is 0 Å². The monoisotopic (exact) mass is 886 g/mol. The van der Waals surface area contributed by atoms with Gasteiger partial charge in [0.2, 0.25) is 0 Å². The molecule has 0 spiro atoms. The summed E-state index contributed by atoms with van der Waals surface area (Å²) < 4.78 is 358. The van der Waals surface area contributed by atoms with E-state index in [0.29, 0.717) is 0 Å². The summed E-state index contributed by atoms with van der Waals surface area (Å²) in [6, 6.07) is 0. The zero-order valence-corrected chi connectivity index (χ0v) is 26.4. The molecule has 0 aromatic carbocycles. The first-order valence-electron chi connectivity index (χ1n) is 9.34. The van der Waals surface area contributed by atoms with Gasteiger partial charge in [-0.3, -0.25) is 0 Å². The third-order valence-corrected chi connectivity index (χ3v) is 17.5. The normalized spacial score (nSPS) is 18.6. The van der Waals surface area contributed by atoms with Gasteiger partial charge < -0.3 is 8.42 Å². The summed E-state index contributed by atoms with van der Waals surface area (Å²) in [5.41, 5.74) is -42.4. The van der Waals surface area contributed by atoms with E-state index < -0.39 is 131 Å². The average molecular weight is 886 g/mol. The molecule has 0 saturated carbocycles. The number of rotatable bonds is 5. The minimum atomic E-state index is -8.75. The number of alkyl halides is 18. The first-order valence-corrected chi connectivity index (χ1v) is 19.1. The number of hydrogen-bond donors (Lipinski definition) is 0. The predicted molar refractivity (Wildman–Crippen MR) is 113 cm³/mol. The second-order valence-electron chi connectivity index (χ2n) is 7.44. The summed E-state index contributed by atoms with van der Waals surface area (Å²) in [5.74, 6) is 0. The smallest absolute Gasteiger partial charge is 0.373 e. The molecule has 1 aliphatic rings.